The Kier molecular flexibility index (Phi) is 3.58. The first kappa shape index (κ1) is 13.6. The van der Waals surface area contributed by atoms with Crippen molar-refractivity contribution < 1.29 is 9.47 Å². The SMILES string of the molecule is COc1cc2nc(Nc3cccc(Cl)c3)[nH]c2cc1OC. The van der Waals surface area contributed by atoms with Crippen molar-refractivity contribution in [2.24, 2.45) is 0 Å². The summed E-state index contributed by atoms with van der Waals surface area (Å²) < 4.78 is 10.5. The van der Waals surface area contributed by atoms with Gasteiger partial charge in [-0.3, -0.25) is 0 Å². The Bertz CT molecular complexity index is 745. The standard InChI is InChI=1S/C15H14ClN3O2/c1-20-13-7-11-12(8-14(13)21-2)19-15(18-11)17-10-5-3-4-9(16)6-10/h3-8H,1-2H3,(H2,17,18,19). The van der Waals surface area contributed by atoms with Crippen LogP contribution in [0.3, 0.4) is 0 Å². The van der Waals surface area contributed by atoms with Crippen LogP contribution in [0, 0.1) is 0 Å². The molecule has 0 saturated heterocycles. The monoisotopic (exact) mass is 303 g/mol. The van der Waals surface area contributed by atoms with E-state index in [4.69, 9.17) is 21.1 Å². The number of hydrogen-bond acceptors (Lipinski definition) is 4. The third-order valence-electron chi connectivity index (χ3n) is 3.07. The Labute approximate surface area is 126 Å². The Hall–Kier alpha value is -2.40. The number of aromatic nitrogens is 2. The van der Waals surface area contributed by atoms with E-state index in [-0.39, 0.29) is 0 Å². The molecule has 0 unspecified atom stereocenters. The van der Waals surface area contributed by atoms with Gasteiger partial charge in [0.15, 0.2) is 11.5 Å². The number of nitrogens with one attached hydrogen (secondary N) is 2. The van der Waals surface area contributed by atoms with Gasteiger partial charge in [-0.05, 0) is 18.2 Å². The number of ether oxygens (including phenoxy) is 2. The lowest BCUT2D eigenvalue weighted by Gasteiger charge is -2.06. The zero-order valence-electron chi connectivity index (χ0n) is 11.6. The van der Waals surface area contributed by atoms with Gasteiger partial charge in [-0.2, -0.15) is 0 Å². The minimum Gasteiger partial charge on any atom is -0.493 e. The first-order valence-electron chi connectivity index (χ1n) is 6.34. The van der Waals surface area contributed by atoms with Crippen LogP contribution in [0.25, 0.3) is 11.0 Å². The zero-order valence-corrected chi connectivity index (χ0v) is 12.4. The maximum atomic E-state index is 5.97. The van der Waals surface area contributed by atoms with E-state index in [9.17, 15) is 0 Å². The summed E-state index contributed by atoms with van der Waals surface area (Å²) in [4.78, 5) is 7.67. The van der Waals surface area contributed by atoms with Gasteiger partial charge in [0.2, 0.25) is 5.95 Å². The molecule has 3 aromatic rings. The molecule has 3 rings (SSSR count). The Morgan fingerprint density at radius 1 is 1.10 bits per heavy atom. The van der Waals surface area contributed by atoms with Crippen LogP contribution in [0.15, 0.2) is 36.4 Å². The molecule has 0 saturated carbocycles. The van der Waals surface area contributed by atoms with Crippen LogP contribution in [0.2, 0.25) is 5.02 Å². The van der Waals surface area contributed by atoms with Crippen LogP contribution in [-0.2, 0) is 0 Å². The second-order valence-electron chi connectivity index (χ2n) is 4.45. The van der Waals surface area contributed by atoms with Crippen LogP contribution in [0.1, 0.15) is 0 Å². The fourth-order valence-corrected chi connectivity index (χ4v) is 2.29. The van der Waals surface area contributed by atoms with Crippen LogP contribution >= 0.6 is 11.6 Å². The van der Waals surface area contributed by atoms with Crippen LogP contribution in [0.5, 0.6) is 11.5 Å². The number of rotatable bonds is 4. The summed E-state index contributed by atoms with van der Waals surface area (Å²) in [6.07, 6.45) is 0. The molecule has 2 aromatic carbocycles. The summed E-state index contributed by atoms with van der Waals surface area (Å²) in [5.74, 6) is 1.93. The number of imidazole rings is 1. The van der Waals surface area contributed by atoms with E-state index >= 15 is 0 Å². The van der Waals surface area contributed by atoms with Gasteiger partial charge in [-0.1, -0.05) is 17.7 Å². The number of anilines is 2. The molecule has 0 fully saturated rings. The Morgan fingerprint density at radius 2 is 1.86 bits per heavy atom. The third kappa shape index (κ3) is 2.73. The summed E-state index contributed by atoms with van der Waals surface area (Å²) in [5.41, 5.74) is 2.51. The van der Waals surface area contributed by atoms with Crippen molar-refractivity contribution in [3.8, 4) is 11.5 Å². The normalized spacial score (nSPS) is 10.6. The summed E-state index contributed by atoms with van der Waals surface area (Å²) in [6, 6.07) is 11.1. The van der Waals surface area contributed by atoms with Crippen molar-refractivity contribution >= 4 is 34.3 Å². The van der Waals surface area contributed by atoms with E-state index in [0.717, 1.165) is 16.7 Å². The minimum atomic E-state index is 0.627. The lowest BCUT2D eigenvalue weighted by atomic mass is 10.3. The first-order valence-corrected chi connectivity index (χ1v) is 6.71. The Balaban J connectivity index is 1.97. The molecule has 5 nitrogen and oxygen atoms in total. The average molecular weight is 304 g/mol. The molecule has 0 aliphatic heterocycles. The van der Waals surface area contributed by atoms with E-state index in [1.807, 2.05) is 36.4 Å². The van der Waals surface area contributed by atoms with E-state index < -0.39 is 0 Å². The number of halogens is 1. The topological polar surface area (TPSA) is 59.2 Å². The van der Waals surface area contributed by atoms with Gasteiger partial charge >= 0.3 is 0 Å². The van der Waals surface area contributed by atoms with E-state index in [1.165, 1.54) is 0 Å². The molecular formula is C15H14ClN3O2. The molecule has 1 aromatic heterocycles. The molecule has 0 bridgehead atoms. The zero-order chi connectivity index (χ0) is 14.8. The van der Waals surface area contributed by atoms with Crippen molar-refractivity contribution in [3.05, 3.63) is 41.4 Å². The molecule has 0 atom stereocenters. The van der Waals surface area contributed by atoms with Gasteiger partial charge in [0.25, 0.3) is 0 Å². The van der Waals surface area contributed by atoms with Gasteiger partial charge in [0.1, 0.15) is 0 Å². The fraction of sp³-hybridized carbons (Fsp3) is 0.133. The van der Waals surface area contributed by atoms with Gasteiger partial charge in [0, 0.05) is 22.8 Å². The maximum absolute atomic E-state index is 5.97. The highest BCUT2D eigenvalue weighted by Crippen LogP contribution is 2.32. The molecule has 1 heterocycles. The lowest BCUT2D eigenvalue weighted by molar-refractivity contribution is 0.356. The van der Waals surface area contributed by atoms with Gasteiger partial charge in [-0.25, -0.2) is 4.98 Å². The molecule has 0 aliphatic rings. The molecular weight excluding hydrogens is 290 g/mol. The number of nitrogens with zero attached hydrogens (tertiary/aromatic N) is 1. The summed E-state index contributed by atoms with van der Waals surface area (Å²) in [7, 11) is 3.20. The number of aromatic amines is 1. The number of H-pyrrole nitrogens is 1. The van der Waals surface area contributed by atoms with Crippen LogP contribution < -0.4 is 14.8 Å². The molecule has 6 heteroatoms. The van der Waals surface area contributed by atoms with Gasteiger partial charge in [0.05, 0.1) is 25.3 Å². The predicted octanol–water partition coefficient (Wildman–Crippen LogP) is 3.98. The van der Waals surface area contributed by atoms with Gasteiger partial charge < -0.3 is 19.8 Å². The summed E-state index contributed by atoms with van der Waals surface area (Å²) in [6.45, 7) is 0. The predicted molar refractivity (Wildman–Crippen MR) is 83.9 cm³/mol. The quantitative estimate of drug-likeness (QED) is 0.765. The Morgan fingerprint density at radius 3 is 2.57 bits per heavy atom. The van der Waals surface area contributed by atoms with Crippen molar-refractivity contribution in [2.75, 3.05) is 19.5 Å². The second-order valence-corrected chi connectivity index (χ2v) is 4.88. The smallest absolute Gasteiger partial charge is 0.205 e. The fourth-order valence-electron chi connectivity index (χ4n) is 2.10. The largest absolute Gasteiger partial charge is 0.493 e. The highest BCUT2D eigenvalue weighted by atomic mass is 35.5. The molecule has 0 spiro atoms. The molecule has 0 radical (unpaired) electrons. The molecule has 108 valence electrons. The van der Waals surface area contributed by atoms with Gasteiger partial charge in [-0.15, -0.1) is 0 Å². The van der Waals surface area contributed by atoms with Crippen molar-refractivity contribution in [2.45, 2.75) is 0 Å². The van der Waals surface area contributed by atoms with Crippen molar-refractivity contribution in [1.29, 1.82) is 0 Å². The van der Waals surface area contributed by atoms with E-state index in [0.29, 0.717) is 22.5 Å². The van der Waals surface area contributed by atoms with E-state index in [2.05, 4.69) is 15.3 Å². The highest BCUT2D eigenvalue weighted by molar-refractivity contribution is 6.30. The van der Waals surface area contributed by atoms with Crippen LogP contribution in [-0.4, -0.2) is 24.2 Å². The first-order chi connectivity index (χ1) is 10.2. The number of methoxy groups -OCH3 is 2. The third-order valence-corrected chi connectivity index (χ3v) is 3.31. The number of fused-ring (bicyclic) bond motifs is 1. The number of hydrogen-bond donors (Lipinski definition) is 2. The van der Waals surface area contributed by atoms with Crippen molar-refractivity contribution in [1.82, 2.24) is 9.97 Å². The summed E-state index contributed by atoms with van der Waals surface area (Å²) in [5, 5.41) is 3.84. The molecule has 0 amide bonds. The average Bonchev–Trinajstić information content (AvgIpc) is 2.86. The van der Waals surface area contributed by atoms with E-state index in [1.54, 1.807) is 14.2 Å². The number of benzene rings is 2. The lowest BCUT2D eigenvalue weighted by Crippen LogP contribution is -1.91. The minimum absolute atomic E-state index is 0.627. The second kappa shape index (κ2) is 5.54. The molecule has 21 heavy (non-hydrogen) atoms. The van der Waals surface area contributed by atoms with Crippen LogP contribution in [0.4, 0.5) is 11.6 Å². The highest BCUT2D eigenvalue weighted by Gasteiger charge is 2.10. The molecule has 0 aliphatic carbocycles. The maximum Gasteiger partial charge on any atom is 0.205 e. The van der Waals surface area contributed by atoms with Crippen molar-refractivity contribution in [3.63, 3.8) is 0 Å². The molecule has 2 N–H and O–H groups in total. The summed E-state index contributed by atoms with van der Waals surface area (Å²) >= 11 is 5.97.